The van der Waals surface area contributed by atoms with Gasteiger partial charge in [0.05, 0.1) is 7.11 Å². The number of aryl methyl sites for hydroxylation is 1. The summed E-state index contributed by atoms with van der Waals surface area (Å²) in [7, 11) is 1.72. The summed E-state index contributed by atoms with van der Waals surface area (Å²) >= 11 is 0. The van der Waals surface area contributed by atoms with Crippen molar-refractivity contribution >= 4 is 0 Å². The second-order valence-electron chi connectivity index (χ2n) is 6.86. The molecule has 1 aliphatic heterocycles. The topological polar surface area (TPSA) is 43.2 Å². The molecule has 4 rings (SSSR count). The lowest BCUT2D eigenvalue weighted by molar-refractivity contribution is 0.315. The molecule has 1 saturated heterocycles. The molecular formula is C21H24N4O. The van der Waals surface area contributed by atoms with Gasteiger partial charge in [-0.1, -0.05) is 12.1 Å². The van der Waals surface area contributed by atoms with Crippen molar-refractivity contribution < 1.29 is 4.74 Å². The van der Waals surface area contributed by atoms with Crippen LogP contribution in [-0.2, 0) is 6.54 Å². The van der Waals surface area contributed by atoms with Crippen molar-refractivity contribution in [3.63, 3.8) is 0 Å². The smallest absolute Gasteiger partial charge is 0.140 e. The summed E-state index contributed by atoms with van der Waals surface area (Å²) in [4.78, 5) is 11.3. The highest BCUT2D eigenvalue weighted by molar-refractivity contribution is 5.55. The summed E-state index contributed by atoms with van der Waals surface area (Å²) in [5.74, 6) is 1.96. The summed E-state index contributed by atoms with van der Waals surface area (Å²) in [6.45, 7) is 5.22. The molecule has 0 aliphatic carbocycles. The van der Waals surface area contributed by atoms with E-state index in [9.17, 15) is 0 Å². The maximum absolute atomic E-state index is 5.34. The predicted octanol–water partition coefficient (Wildman–Crippen LogP) is 3.71. The lowest BCUT2D eigenvalue weighted by atomic mass is 10.2. The van der Waals surface area contributed by atoms with E-state index >= 15 is 0 Å². The molecule has 26 heavy (non-hydrogen) atoms. The van der Waals surface area contributed by atoms with Crippen molar-refractivity contribution in [2.24, 2.45) is 0 Å². The highest BCUT2D eigenvalue weighted by Crippen LogP contribution is 2.30. The zero-order chi connectivity index (χ0) is 17.9. The number of likely N-dealkylation sites (tertiary alicyclic amines) is 1. The fourth-order valence-corrected chi connectivity index (χ4v) is 3.82. The van der Waals surface area contributed by atoms with E-state index in [0.717, 1.165) is 43.2 Å². The van der Waals surface area contributed by atoms with Crippen molar-refractivity contribution in [2.75, 3.05) is 20.2 Å². The molecule has 3 aromatic rings. The van der Waals surface area contributed by atoms with Crippen molar-refractivity contribution in [3.8, 4) is 17.1 Å². The third-order valence-corrected chi connectivity index (χ3v) is 5.07. The number of nitrogens with zero attached hydrogens (tertiary/aromatic N) is 4. The normalized spacial score (nSPS) is 17.5. The number of ether oxygens (including phenoxy) is 1. The largest absolute Gasteiger partial charge is 0.497 e. The van der Waals surface area contributed by atoms with Crippen LogP contribution in [0.25, 0.3) is 11.4 Å². The molecule has 134 valence electrons. The Morgan fingerprint density at radius 1 is 1.19 bits per heavy atom. The summed E-state index contributed by atoms with van der Waals surface area (Å²) in [5.41, 5.74) is 3.63. The molecule has 2 aromatic heterocycles. The van der Waals surface area contributed by atoms with Gasteiger partial charge in [0.15, 0.2) is 0 Å². The molecule has 0 N–H and O–H groups in total. The van der Waals surface area contributed by atoms with E-state index in [4.69, 9.17) is 4.74 Å². The van der Waals surface area contributed by atoms with Crippen LogP contribution in [0, 0.1) is 6.92 Å². The number of pyridine rings is 1. The highest BCUT2D eigenvalue weighted by Gasteiger charge is 2.27. The lowest BCUT2D eigenvalue weighted by Crippen LogP contribution is -2.22. The Morgan fingerprint density at radius 2 is 2.04 bits per heavy atom. The van der Waals surface area contributed by atoms with Crippen LogP contribution in [0.4, 0.5) is 0 Å². The summed E-state index contributed by atoms with van der Waals surface area (Å²) in [5, 5.41) is 0. The van der Waals surface area contributed by atoms with E-state index < -0.39 is 0 Å². The minimum Gasteiger partial charge on any atom is -0.497 e. The van der Waals surface area contributed by atoms with Gasteiger partial charge >= 0.3 is 0 Å². The first-order chi connectivity index (χ1) is 12.7. The number of hydrogen-bond acceptors (Lipinski definition) is 4. The Bertz CT molecular complexity index is 875. The molecular weight excluding hydrogens is 324 g/mol. The fraction of sp³-hybridized carbons (Fsp3) is 0.333. The maximum atomic E-state index is 5.34. The first kappa shape index (κ1) is 16.8. The van der Waals surface area contributed by atoms with E-state index in [-0.39, 0.29) is 0 Å². The van der Waals surface area contributed by atoms with Gasteiger partial charge in [-0.15, -0.1) is 0 Å². The Kier molecular flexibility index (Phi) is 4.71. The van der Waals surface area contributed by atoms with Crippen LogP contribution in [-0.4, -0.2) is 39.6 Å². The number of hydrogen-bond donors (Lipinski definition) is 0. The van der Waals surface area contributed by atoms with Crippen molar-refractivity contribution in [2.45, 2.75) is 25.9 Å². The third-order valence-electron chi connectivity index (χ3n) is 5.07. The summed E-state index contributed by atoms with van der Waals surface area (Å²) in [6, 6.07) is 12.8. The van der Waals surface area contributed by atoms with E-state index in [1.54, 1.807) is 7.11 Å². The molecule has 3 heterocycles. The van der Waals surface area contributed by atoms with Crippen molar-refractivity contribution in [1.29, 1.82) is 0 Å². The van der Waals surface area contributed by atoms with E-state index in [0.29, 0.717) is 6.04 Å². The molecule has 1 aromatic carbocycles. The minimum absolute atomic E-state index is 0.450. The van der Waals surface area contributed by atoms with E-state index in [2.05, 4.69) is 44.6 Å². The van der Waals surface area contributed by atoms with Crippen LogP contribution in [0.5, 0.6) is 5.75 Å². The first-order valence-electron chi connectivity index (χ1n) is 9.04. The molecule has 1 aliphatic rings. The molecule has 1 atom stereocenters. The van der Waals surface area contributed by atoms with Crippen molar-refractivity contribution in [1.82, 2.24) is 19.4 Å². The number of aromatic nitrogens is 3. The monoisotopic (exact) mass is 348 g/mol. The Hall–Kier alpha value is -2.66. The number of methoxy groups -OCH3 is 1. The highest BCUT2D eigenvalue weighted by atomic mass is 16.5. The molecule has 1 unspecified atom stereocenters. The SMILES string of the molecule is COc1cccc(CN2CCC(n3c(C)cnc3-c3ccncc3)C2)c1. The van der Waals surface area contributed by atoms with Gasteiger partial charge in [-0.25, -0.2) is 4.98 Å². The average molecular weight is 348 g/mol. The van der Waals surface area contributed by atoms with Crippen LogP contribution >= 0.6 is 0 Å². The van der Waals surface area contributed by atoms with Crippen LogP contribution in [0.3, 0.4) is 0 Å². The Balaban J connectivity index is 1.52. The molecule has 0 amide bonds. The van der Waals surface area contributed by atoms with Gasteiger partial charge in [0.25, 0.3) is 0 Å². The van der Waals surface area contributed by atoms with Crippen LogP contribution in [0.15, 0.2) is 55.0 Å². The third kappa shape index (κ3) is 3.35. The molecule has 0 spiro atoms. The maximum Gasteiger partial charge on any atom is 0.140 e. The second kappa shape index (κ2) is 7.30. The van der Waals surface area contributed by atoms with Gasteiger partial charge in [0.1, 0.15) is 11.6 Å². The standard InChI is InChI=1S/C21H24N4O/c1-16-13-23-21(18-6-9-22-10-7-18)25(16)19-8-11-24(15-19)14-17-4-3-5-20(12-17)26-2/h3-7,9-10,12-13,19H,8,11,14-15H2,1-2H3. The van der Waals surface area contributed by atoms with Gasteiger partial charge in [0.2, 0.25) is 0 Å². The molecule has 1 fully saturated rings. The summed E-state index contributed by atoms with van der Waals surface area (Å²) < 4.78 is 7.73. The van der Waals surface area contributed by atoms with E-state index in [1.807, 2.05) is 36.8 Å². The molecule has 5 nitrogen and oxygen atoms in total. The summed E-state index contributed by atoms with van der Waals surface area (Å²) in [6.07, 6.45) is 6.76. The van der Waals surface area contributed by atoms with Gasteiger partial charge in [-0.2, -0.15) is 0 Å². The van der Waals surface area contributed by atoms with Gasteiger partial charge < -0.3 is 9.30 Å². The van der Waals surface area contributed by atoms with Crippen LogP contribution in [0.1, 0.15) is 23.7 Å². The number of imidazole rings is 1. The Labute approximate surface area is 154 Å². The molecule has 0 bridgehead atoms. The molecule has 5 heteroatoms. The van der Waals surface area contributed by atoms with Gasteiger partial charge in [-0.3, -0.25) is 9.88 Å². The zero-order valence-electron chi connectivity index (χ0n) is 15.3. The second-order valence-corrected chi connectivity index (χ2v) is 6.86. The lowest BCUT2D eigenvalue weighted by Gasteiger charge is -2.20. The van der Waals surface area contributed by atoms with Crippen LogP contribution < -0.4 is 4.74 Å². The predicted molar refractivity (Wildman–Crippen MR) is 102 cm³/mol. The molecule has 0 saturated carbocycles. The van der Waals surface area contributed by atoms with Crippen molar-refractivity contribution in [3.05, 3.63) is 66.2 Å². The fourth-order valence-electron chi connectivity index (χ4n) is 3.82. The Morgan fingerprint density at radius 3 is 2.85 bits per heavy atom. The first-order valence-corrected chi connectivity index (χ1v) is 9.04. The van der Waals surface area contributed by atoms with Gasteiger partial charge in [-0.05, 0) is 43.2 Å². The number of benzene rings is 1. The zero-order valence-corrected chi connectivity index (χ0v) is 15.3. The number of rotatable bonds is 5. The van der Waals surface area contributed by atoms with E-state index in [1.165, 1.54) is 11.3 Å². The van der Waals surface area contributed by atoms with Crippen LogP contribution in [0.2, 0.25) is 0 Å². The minimum atomic E-state index is 0.450. The quantitative estimate of drug-likeness (QED) is 0.705. The average Bonchev–Trinajstić information content (AvgIpc) is 3.29. The molecule has 0 radical (unpaired) electrons. The van der Waals surface area contributed by atoms with Gasteiger partial charge in [0, 0.05) is 55.5 Å².